The number of pyridine rings is 1. The molecule has 22 heavy (non-hydrogen) atoms. The van der Waals surface area contributed by atoms with Crippen molar-refractivity contribution in [3.63, 3.8) is 0 Å². The minimum atomic E-state index is -0.742. The molecule has 1 heterocycles. The second-order valence-electron chi connectivity index (χ2n) is 4.92. The zero-order valence-electron chi connectivity index (χ0n) is 12.8. The second kappa shape index (κ2) is 9.30. The summed E-state index contributed by atoms with van der Waals surface area (Å²) < 4.78 is 4.83. The van der Waals surface area contributed by atoms with Crippen LogP contribution < -0.4 is 0 Å². The number of nitrogens with zero attached hydrogens (tertiary/aromatic N) is 1. The maximum absolute atomic E-state index is 12.3. The number of hydrogen-bond donors (Lipinski definition) is 0. The summed E-state index contributed by atoms with van der Waals surface area (Å²) in [6, 6.07) is 4.74. The van der Waals surface area contributed by atoms with Crippen molar-refractivity contribution in [3.8, 4) is 0 Å². The average molecular weight is 326 g/mol. The molecule has 0 amide bonds. The van der Waals surface area contributed by atoms with Crippen LogP contribution in [0.25, 0.3) is 0 Å². The molecule has 0 bridgehead atoms. The normalized spacial score (nSPS) is 11.8. The summed E-state index contributed by atoms with van der Waals surface area (Å²) in [7, 11) is 0. The molecule has 0 saturated heterocycles. The Bertz CT molecular complexity index is 545. The summed E-state index contributed by atoms with van der Waals surface area (Å²) in [4.78, 5) is 39.2. The Morgan fingerprint density at radius 3 is 2.59 bits per heavy atom. The number of rotatable bonds is 9. The molecule has 0 aromatic carbocycles. The van der Waals surface area contributed by atoms with Gasteiger partial charge in [-0.1, -0.05) is 24.1 Å². The molecule has 0 aliphatic heterocycles. The third-order valence-electron chi connectivity index (χ3n) is 3.20. The smallest absolute Gasteiger partial charge is 0.305 e. The largest absolute Gasteiger partial charge is 0.466 e. The van der Waals surface area contributed by atoms with E-state index >= 15 is 0 Å². The summed E-state index contributed by atoms with van der Waals surface area (Å²) in [6.45, 7) is 3.49. The third kappa shape index (κ3) is 5.93. The van der Waals surface area contributed by atoms with E-state index in [1.807, 2.05) is 0 Å². The zero-order valence-corrected chi connectivity index (χ0v) is 13.6. The van der Waals surface area contributed by atoms with Crippen molar-refractivity contribution in [1.82, 2.24) is 4.98 Å². The van der Waals surface area contributed by atoms with Crippen LogP contribution in [-0.4, -0.2) is 29.1 Å². The molecule has 6 heteroatoms. The van der Waals surface area contributed by atoms with Crippen molar-refractivity contribution in [3.05, 3.63) is 29.0 Å². The molecular formula is C16H20ClNO4. The van der Waals surface area contributed by atoms with Gasteiger partial charge in [0.1, 0.15) is 16.6 Å². The highest BCUT2D eigenvalue weighted by Crippen LogP contribution is 2.18. The van der Waals surface area contributed by atoms with E-state index in [0.29, 0.717) is 32.3 Å². The zero-order chi connectivity index (χ0) is 16.5. The fourth-order valence-corrected chi connectivity index (χ4v) is 2.26. The predicted molar refractivity (Wildman–Crippen MR) is 82.8 cm³/mol. The third-order valence-corrected chi connectivity index (χ3v) is 3.41. The molecule has 1 rings (SSSR count). The number of hydrogen-bond acceptors (Lipinski definition) is 5. The Morgan fingerprint density at radius 1 is 1.27 bits per heavy atom. The molecule has 0 aliphatic rings. The van der Waals surface area contributed by atoms with Gasteiger partial charge in [-0.2, -0.15) is 0 Å². The van der Waals surface area contributed by atoms with Gasteiger partial charge in [0.25, 0.3) is 0 Å². The lowest BCUT2D eigenvalue weighted by Crippen LogP contribution is -2.23. The van der Waals surface area contributed by atoms with E-state index in [-0.39, 0.29) is 28.4 Å². The molecule has 1 aromatic heterocycles. The van der Waals surface area contributed by atoms with Gasteiger partial charge in [0.2, 0.25) is 0 Å². The summed E-state index contributed by atoms with van der Waals surface area (Å²) in [6.07, 6.45) is 1.86. The molecule has 0 saturated carbocycles. The number of esters is 1. The van der Waals surface area contributed by atoms with Gasteiger partial charge in [-0.3, -0.25) is 14.4 Å². The molecule has 0 aliphatic carbocycles. The van der Waals surface area contributed by atoms with E-state index in [4.69, 9.17) is 16.3 Å². The number of carbonyl (C=O) groups excluding carboxylic acids is 3. The van der Waals surface area contributed by atoms with Gasteiger partial charge < -0.3 is 4.74 Å². The Kier molecular flexibility index (Phi) is 7.74. The van der Waals surface area contributed by atoms with Crippen molar-refractivity contribution in [2.24, 2.45) is 5.92 Å². The second-order valence-corrected chi connectivity index (χ2v) is 5.31. The van der Waals surface area contributed by atoms with E-state index in [2.05, 4.69) is 4.98 Å². The first-order chi connectivity index (χ1) is 10.5. The van der Waals surface area contributed by atoms with E-state index in [1.54, 1.807) is 25.1 Å². The van der Waals surface area contributed by atoms with E-state index in [1.165, 1.54) is 6.92 Å². The van der Waals surface area contributed by atoms with Gasteiger partial charge in [-0.05, 0) is 38.8 Å². The van der Waals surface area contributed by atoms with Crippen molar-refractivity contribution in [2.75, 3.05) is 6.61 Å². The monoisotopic (exact) mass is 325 g/mol. The van der Waals surface area contributed by atoms with E-state index < -0.39 is 5.92 Å². The van der Waals surface area contributed by atoms with Crippen LogP contribution in [0.15, 0.2) is 18.2 Å². The molecule has 0 fully saturated rings. The Balaban J connectivity index is 2.57. The lowest BCUT2D eigenvalue weighted by molar-refractivity contribution is -0.143. The molecule has 0 radical (unpaired) electrons. The number of ether oxygens (including phenoxy) is 1. The number of carbonyl (C=O) groups is 3. The molecule has 1 atom stereocenters. The molecule has 0 N–H and O–H groups in total. The highest BCUT2D eigenvalue weighted by molar-refractivity contribution is 6.29. The maximum Gasteiger partial charge on any atom is 0.305 e. The number of unbranched alkanes of at least 4 members (excludes halogenated alkanes) is 1. The minimum absolute atomic E-state index is 0.193. The van der Waals surface area contributed by atoms with Crippen LogP contribution >= 0.6 is 11.6 Å². The van der Waals surface area contributed by atoms with Crippen molar-refractivity contribution in [1.29, 1.82) is 0 Å². The van der Waals surface area contributed by atoms with Crippen LogP contribution in [0.3, 0.4) is 0 Å². The summed E-state index contributed by atoms with van der Waals surface area (Å²) in [5.74, 6) is -1.54. The first-order valence-electron chi connectivity index (χ1n) is 7.28. The van der Waals surface area contributed by atoms with Crippen LogP contribution in [0.5, 0.6) is 0 Å². The molecule has 1 aromatic rings. The quantitative estimate of drug-likeness (QED) is 0.229. The van der Waals surface area contributed by atoms with Crippen LogP contribution in [0.4, 0.5) is 0 Å². The number of aromatic nitrogens is 1. The highest BCUT2D eigenvalue weighted by atomic mass is 35.5. The number of Topliss-reactive ketones (excluding diaryl/α,β-unsaturated/α-hetero) is 2. The average Bonchev–Trinajstić information content (AvgIpc) is 2.46. The van der Waals surface area contributed by atoms with Gasteiger partial charge in [0.15, 0.2) is 5.78 Å². The SMILES string of the molecule is CCOC(=O)CCCCC(C(C)=O)C(=O)c1cccc(Cl)n1. The van der Waals surface area contributed by atoms with E-state index in [0.717, 1.165) is 0 Å². The van der Waals surface area contributed by atoms with Crippen LogP contribution in [0.1, 0.15) is 50.0 Å². The van der Waals surface area contributed by atoms with E-state index in [9.17, 15) is 14.4 Å². The minimum Gasteiger partial charge on any atom is -0.466 e. The van der Waals surface area contributed by atoms with Gasteiger partial charge >= 0.3 is 5.97 Å². The van der Waals surface area contributed by atoms with Crippen LogP contribution in [-0.2, 0) is 14.3 Å². The number of ketones is 2. The molecular weight excluding hydrogens is 306 g/mol. The first-order valence-corrected chi connectivity index (χ1v) is 7.66. The lowest BCUT2D eigenvalue weighted by Gasteiger charge is -2.12. The Hall–Kier alpha value is -1.75. The van der Waals surface area contributed by atoms with Crippen molar-refractivity contribution >= 4 is 29.1 Å². The lowest BCUT2D eigenvalue weighted by atomic mass is 9.91. The summed E-state index contributed by atoms with van der Waals surface area (Å²) in [5, 5.41) is 0.218. The number of halogens is 1. The van der Waals surface area contributed by atoms with Gasteiger partial charge in [0, 0.05) is 6.42 Å². The summed E-state index contributed by atoms with van der Waals surface area (Å²) >= 11 is 5.76. The molecule has 1 unspecified atom stereocenters. The topological polar surface area (TPSA) is 73.3 Å². The first kappa shape index (κ1) is 18.3. The maximum atomic E-state index is 12.3. The summed E-state index contributed by atoms with van der Waals surface area (Å²) in [5.41, 5.74) is 0.193. The fraction of sp³-hybridized carbons (Fsp3) is 0.500. The molecule has 120 valence electrons. The van der Waals surface area contributed by atoms with Crippen LogP contribution in [0.2, 0.25) is 5.15 Å². The van der Waals surface area contributed by atoms with Crippen molar-refractivity contribution < 1.29 is 19.1 Å². The standard InChI is InChI=1S/C16H20ClNO4/c1-3-22-15(20)10-5-4-7-12(11(2)19)16(21)13-8-6-9-14(17)18-13/h6,8-9,12H,3-5,7,10H2,1-2H3. The fourth-order valence-electron chi connectivity index (χ4n) is 2.09. The predicted octanol–water partition coefficient (Wildman–Crippen LogP) is 3.25. The van der Waals surface area contributed by atoms with Crippen molar-refractivity contribution in [2.45, 2.75) is 39.5 Å². The molecule has 5 nitrogen and oxygen atoms in total. The van der Waals surface area contributed by atoms with Gasteiger partial charge in [-0.25, -0.2) is 4.98 Å². The van der Waals surface area contributed by atoms with Crippen LogP contribution in [0, 0.1) is 5.92 Å². The Morgan fingerprint density at radius 2 is 2.00 bits per heavy atom. The molecule has 0 spiro atoms. The Labute approximate surface area is 135 Å². The highest BCUT2D eigenvalue weighted by Gasteiger charge is 2.25. The van der Waals surface area contributed by atoms with Gasteiger partial charge in [-0.15, -0.1) is 0 Å². The van der Waals surface area contributed by atoms with Gasteiger partial charge in [0.05, 0.1) is 12.5 Å².